The smallest absolute Gasteiger partial charge is 0.258 e. The number of methoxy groups -OCH3 is 1. The van der Waals surface area contributed by atoms with Crippen LogP contribution in [0.5, 0.6) is 11.5 Å². The summed E-state index contributed by atoms with van der Waals surface area (Å²) >= 11 is 7.43. The molecule has 37 heavy (non-hydrogen) atoms. The van der Waals surface area contributed by atoms with Crippen molar-refractivity contribution in [2.75, 3.05) is 24.8 Å². The van der Waals surface area contributed by atoms with E-state index < -0.39 is 0 Å². The van der Waals surface area contributed by atoms with E-state index >= 15 is 0 Å². The van der Waals surface area contributed by atoms with Crippen molar-refractivity contribution in [3.8, 4) is 17.2 Å². The molecular formula is C26H24ClN5O4S. The van der Waals surface area contributed by atoms with Crippen LogP contribution < -0.4 is 20.1 Å². The molecule has 1 heterocycles. The molecule has 0 radical (unpaired) electrons. The lowest BCUT2D eigenvalue weighted by molar-refractivity contribution is -0.123. The van der Waals surface area contributed by atoms with Gasteiger partial charge in [-0.1, -0.05) is 47.6 Å². The molecule has 190 valence electrons. The normalized spacial score (nSPS) is 10.5. The number of nitrogens with zero attached hydrogens (tertiary/aromatic N) is 3. The molecule has 4 aromatic rings. The predicted molar refractivity (Wildman–Crippen MR) is 143 cm³/mol. The number of rotatable bonds is 11. The molecule has 2 N–H and O–H groups in total. The number of halogens is 1. The highest BCUT2D eigenvalue weighted by molar-refractivity contribution is 7.99. The first kappa shape index (κ1) is 26.1. The molecule has 0 saturated carbocycles. The number of hydrogen-bond acceptors (Lipinski definition) is 7. The molecule has 3 aromatic carbocycles. The topological polar surface area (TPSA) is 107 Å². The van der Waals surface area contributed by atoms with Crippen LogP contribution in [0.25, 0.3) is 5.69 Å². The number of anilines is 1. The summed E-state index contributed by atoms with van der Waals surface area (Å²) in [5.41, 5.74) is 1.36. The highest BCUT2D eigenvalue weighted by atomic mass is 35.5. The Morgan fingerprint density at radius 2 is 1.73 bits per heavy atom. The van der Waals surface area contributed by atoms with Gasteiger partial charge in [0.25, 0.3) is 5.91 Å². The van der Waals surface area contributed by atoms with E-state index in [-0.39, 0.29) is 30.7 Å². The van der Waals surface area contributed by atoms with Crippen molar-refractivity contribution in [2.24, 2.45) is 0 Å². The average Bonchev–Trinajstić information content (AvgIpc) is 3.33. The maximum atomic E-state index is 12.5. The van der Waals surface area contributed by atoms with Crippen molar-refractivity contribution in [1.82, 2.24) is 20.1 Å². The molecule has 2 amide bonds. The Hall–Kier alpha value is -4.02. The number of carbonyl (C=O) groups is 2. The van der Waals surface area contributed by atoms with Gasteiger partial charge in [-0.25, -0.2) is 0 Å². The lowest BCUT2D eigenvalue weighted by Gasteiger charge is -2.12. The third-order valence-corrected chi connectivity index (χ3v) is 6.19. The highest BCUT2D eigenvalue weighted by Crippen LogP contribution is 2.24. The van der Waals surface area contributed by atoms with E-state index in [1.54, 1.807) is 66.3 Å². The van der Waals surface area contributed by atoms with Crippen molar-refractivity contribution in [3.05, 3.63) is 89.7 Å². The molecule has 0 unspecified atom stereocenters. The number of amides is 2. The molecule has 0 aliphatic carbocycles. The van der Waals surface area contributed by atoms with Gasteiger partial charge in [0.15, 0.2) is 17.6 Å². The third-order valence-electron chi connectivity index (χ3n) is 5.03. The van der Waals surface area contributed by atoms with Gasteiger partial charge in [0, 0.05) is 10.7 Å². The van der Waals surface area contributed by atoms with Crippen LogP contribution in [0, 0.1) is 0 Å². The van der Waals surface area contributed by atoms with Gasteiger partial charge in [0.2, 0.25) is 5.91 Å². The van der Waals surface area contributed by atoms with Gasteiger partial charge in [-0.3, -0.25) is 14.2 Å². The fourth-order valence-electron chi connectivity index (χ4n) is 3.28. The Kier molecular flexibility index (Phi) is 9.01. The SMILES string of the molecule is COc1ccc(NC(=O)CSc2nnc(CNC(=O)COc3ccccc3)n2-c2cccc(Cl)c2)cc1. The van der Waals surface area contributed by atoms with Crippen molar-refractivity contribution in [1.29, 1.82) is 0 Å². The number of ether oxygens (including phenoxy) is 2. The summed E-state index contributed by atoms with van der Waals surface area (Å²) in [5, 5.41) is 15.1. The van der Waals surface area contributed by atoms with E-state index in [2.05, 4.69) is 20.8 Å². The summed E-state index contributed by atoms with van der Waals surface area (Å²) in [4.78, 5) is 24.9. The summed E-state index contributed by atoms with van der Waals surface area (Å²) in [6.07, 6.45) is 0. The fraction of sp³-hybridized carbons (Fsp3) is 0.154. The van der Waals surface area contributed by atoms with Gasteiger partial charge in [-0.05, 0) is 54.6 Å². The van der Waals surface area contributed by atoms with E-state index in [4.69, 9.17) is 21.1 Å². The van der Waals surface area contributed by atoms with Crippen LogP contribution in [0.1, 0.15) is 5.82 Å². The maximum absolute atomic E-state index is 12.5. The summed E-state index contributed by atoms with van der Waals surface area (Å²) in [5.74, 6) is 1.37. The van der Waals surface area contributed by atoms with Crippen LogP contribution >= 0.6 is 23.4 Å². The number of para-hydroxylation sites is 1. The molecule has 11 heteroatoms. The maximum Gasteiger partial charge on any atom is 0.258 e. The first-order valence-corrected chi connectivity index (χ1v) is 12.6. The zero-order valence-electron chi connectivity index (χ0n) is 19.9. The summed E-state index contributed by atoms with van der Waals surface area (Å²) in [6.45, 7) is -0.0302. The van der Waals surface area contributed by atoms with Gasteiger partial charge < -0.3 is 20.1 Å². The Morgan fingerprint density at radius 3 is 2.46 bits per heavy atom. The van der Waals surface area contributed by atoms with E-state index in [9.17, 15) is 9.59 Å². The Balaban J connectivity index is 1.41. The minimum absolute atomic E-state index is 0.0992. The summed E-state index contributed by atoms with van der Waals surface area (Å²) in [7, 11) is 1.58. The molecule has 9 nitrogen and oxygen atoms in total. The molecule has 4 rings (SSSR count). The van der Waals surface area contributed by atoms with E-state index in [1.807, 2.05) is 24.3 Å². The van der Waals surface area contributed by atoms with Crippen LogP contribution in [0.2, 0.25) is 5.02 Å². The number of benzene rings is 3. The Morgan fingerprint density at radius 1 is 0.946 bits per heavy atom. The van der Waals surface area contributed by atoms with Gasteiger partial charge in [0.1, 0.15) is 11.5 Å². The second-order valence-corrected chi connectivity index (χ2v) is 9.04. The number of hydrogen-bond donors (Lipinski definition) is 2. The van der Waals surface area contributed by atoms with Crippen molar-refractivity contribution in [3.63, 3.8) is 0 Å². The second-order valence-electron chi connectivity index (χ2n) is 7.66. The molecule has 0 bridgehead atoms. The summed E-state index contributed by atoms with van der Waals surface area (Å²) < 4.78 is 12.4. The van der Waals surface area contributed by atoms with Crippen LogP contribution in [-0.4, -0.2) is 46.0 Å². The van der Waals surface area contributed by atoms with Gasteiger partial charge in [-0.15, -0.1) is 10.2 Å². The molecular weight excluding hydrogens is 514 g/mol. The minimum Gasteiger partial charge on any atom is -0.497 e. The van der Waals surface area contributed by atoms with Crippen LogP contribution in [-0.2, 0) is 16.1 Å². The zero-order chi connectivity index (χ0) is 26.0. The third kappa shape index (κ3) is 7.48. The first-order chi connectivity index (χ1) is 18.0. The molecule has 0 fully saturated rings. The van der Waals surface area contributed by atoms with Gasteiger partial charge in [-0.2, -0.15) is 0 Å². The van der Waals surface area contributed by atoms with E-state index in [0.29, 0.717) is 38.9 Å². The van der Waals surface area contributed by atoms with Crippen LogP contribution in [0.4, 0.5) is 5.69 Å². The number of aromatic nitrogens is 3. The van der Waals surface area contributed by atoms with Gasteiger partial charge >= 0.3 is 0 Å². The number of carbonyl (C=O) groups excluding carboxylic acids is 2. The van der Waals surface area contributed by atoms with Crippen molar-refractivity contribution >= 4 is 40.9 Å². The molecule has 0 aliphatic heterocycles. The first-order valence-electron chi connectivity index (χ1n) is 11.2. The Labute approximate surface area is 223 Å². The molecule has 0 aliphatic rings. The quantitative estimate of drug-likeness (QED) is 0.274. The van der Waals surface area contributed by atoms with Crippen molar-refractivity contribution in [2.45, 2.75) is 11.7 Å². The second kappa shape index (κ2) is 12.8. The Bertz CT molecular complexity index is 1350. The standard InChI is InChI=1S/C26H24ClN5O4S/c1-35-21-12-10-19(11-13-21)29-25(34)17-37-26-31-30-23(32(26)20-7-5-6-18(27)14-20)15-28-24(33)16-36-22-8-3-2-4-9-22/h2-14H,15-17H2,1H3,(H,28,33)(H,29,34). The van der Waals surface area contributed by atoms with Crippen LogP contribution in [0.3, 0.4) is 0 Å². The fourth-order valence-corrected chi connectivity index (χ4v) is 4.23. The molecule has 0 saturated heterocycles. The number of thioether (sulfide) groups is 1. The van der Waals surface area contributed by atoms with E-state index in [0.717, 1.165) is 0 Å². The monoisotopic (exact) mass is 537 g/mol. The van der Waals surface area contributed by atoms with Crippen LogP contribution in [0.15, 0.2) is 84.0 Å². The molecule has 0 atom stereocenters. The predicted octanol–water partition coefficient (Wildman–Crippen LogP) is 4.36. The largest absolute Gasteiger partial charge is 0.497 e. The average molecular weight is 538 g/mol. The highest BCUT2D eigenvalue weighted by Gasteiger charge is 2.17. The lowest BCUT2D eigenvalue weighted by atomic mass is 10.3. The van der Waals surface area contributed by atoms with Crippen molar-refractivity contribution < 1.29 is 19.1 Å². The zero-order valence-corrected chi connectivity index (χ0v) is 21.5. The van der Waals surface area contributed by atoms with Gasteiger partial charge in [0.05, 0.1) is 25.1 Å². The lowest BCUT2D eigenvalue weighted by Crippen LogP contribution is -2.29. The minimum atomic E-state index is -0.308. The number of nitrogens with one attached hydrogen (secondary N) is 2. The van der Waals surface area contributed by atoms with E-state index in [1.165, 1.54) is 11.8 Å². The molecule has 1 aromatic heterocycles. The molecule has 0 spiro atoms. The summed E-state index contributed by atoms with van der Waals surface area (Å²) in [6, 6.07) is 23.3.